The van der Waals surface area contributed by atoms with Crippen LogP contribution in [0.5, 0.6) is 0 Å². The van der Waals surface area contributed by atoms with E-state index in [1.54, 1.807) is 0 Å². The van der Waals surface area contributed by atoms with E-state index in [1.165, 1.54) is 7.11 Å². The van der Waals surface area contributed by atoms with E-state index in [0.717, 1.165) is 17.3 Å². The van der Waals surface area contributed by atoms with Crippen molar-refractivity contribution in [3.63, 3.8) is 0 Å². The molecular formula is C3H5ClO2Zn. The summed E-state index contributed by atoms with van der Waals surface area (Å²) in [5.74, 6) is -0.495. The number of hydrogen-bond acceptors (Lipinski definition) is 2. The van der Waals surface area contributed by atoms with Crippen LogP contribution >= 0.6 is 9.69 Å². The fraction of sp³-hybridized carbons (Fsp3) is 0.333. The van der Waals surface area contributed by atoms with E-state index in [9.17, 15) is 4.79 Å². The molecule has 0 heterocycles. The van der Waals surface area contributed by atoms with E-state index in [4.69, 9.17) is 9.69 Å². The first kappa shape index (κ1) is 10.3. The van der Waals surface area contributed by atoms with E-state index in [2.05, 4.69) is 11.7 Å². The Kier molecular flexibility index (Phi) is 14.0. The molecule has 0 unspecified atom stereocenters. The predicted octanol–water partition coefficient (Wildman–Crippen LogP) is 0.680. The molecule has 0 radical (unpaired) electrons. The molecule has 0 aromatic carbocycles. The third-order valence-corrected chi connectivity index (χ3v) is 0.228. The van der Waals surface area contributed by atoms with Gasteiger partial charge in [-0.1, -0.05) is 0 Å². The average Bonchev–Trinajstić information content (AvgIpc) is 1.73. The quantitative estimate of drug-likeness (QED) is 0.306. The second-order valence-corrected chi connectivity index (χ2v) is 0.576. The van der Waals surface area contributed by atoms with Crippen molar-refractivity contribution in [2.24, 2.45) is 0 Å². The fourth-order valence-electron chi connectivity index (χ4n) is 0. The van der Waals surface area contributed by atoms with Gasteiger partial charge in [0.15, 0.2) is 5.97 Å². The molecule has 0 bridgehead atoms. The molecule has 7 heavy (non-hydrogen) atoms. The minimum absolute atomic E-state index is 0.495. The molecule has 0 fully saturated rings. The zero-order chi connectivity index (χ0) is 6.28. The average molecular weight is 174 g/mol. The van der Waals surface area contributed by atoms with Crippen molar-refractivity contribution < 1.29 is 26.8 Å². The number of methoxy groups -OCH3 is 1. The molecule has 0 spiro atoms. The molecule has 0 rings (SSSR count). The summed E-state index contributed by atoms with van der Waals surface area (Å²) in [6.45, 7) is 2.90. The summed E-state index contributed by atoms with van der Waals surface area (Å²) in [5.41, 5.74) is 0. The van der Waals surface area contributed by atoms with Crippen molar-refractivity contribution >= 4 is 15.7 Å². The van der Waals surface area contributed by atoms with Crippen LogP contribution in [0, 0.1) is 6.92 Å². The van der Waals surface area contributed by atoms with Gasteiger partial charge in [-0.05, 0) is 0 Å². The van der Waals surface area contributed by atoms with Crippen LogP contribution in [0.1, 0.15) is 0 Å². The van der Waals surface area contributed by atoms with Gasteiger partial charge in [0.2, 0.25) is 0 Å². The van der Waals surface area contributed by atoms with E-state index in [0.29, 0.717) is 0 Å². The Balaban J connectivity index is 0. The third-order valence-electron chi connectivity index (χ3n) is 0.228. The monoisotopic (exact) mass is 172 g/mol. The van der Waals surface area contributed by atoms with Gasteiger partial charge in [-0.25, -0.2) is 0 Å². The first-order valence-electron chi connectivity index (χ1n) is 1.44. The van der Waals surface area contributed by atoms with Gasteiger partial charge in [0.05, 0.1) is 7.11 Å². The van der Waals surface area contributed by atoms with Crippen LogP contribution in [0.3, 0.4) is 0 Å². The van der Waals surface area contributed by atoms with Crippen LogP contribution in [0.4, 0.5) is 0 Å². The van der Waals surface area contributed by atoms with E-state index in [-0.39, 0.29) is 0 Å². The molecule has 2 nitrogen and oxygen atoms in total. The summed E-state index contributed by atoms with van der Waals surface area (Å²) in [6.07, 6.45) is 0. The normalized spacial score (nSPS) is 5.71. The molecule has 0 saturated heterocycles. The summed E-state index contributed by atoms with van der Waals surface area (Å²) in [5, 5.41) is 0. The Bertz CT molecular complexity index is 48.2. The first-order chi connectivity index (χ1) is 3.27. The van der Waals surface area contributed by atoms with Crippen molar-refractivity contribution in [3.8, 4) is 0 Å². The van der Waals surface area contributed by atoms with Crippen molar-refractivity contribution in [3.05, 3.63) is 6.92 Å². The van der Waals surface area contributed by atoms with Crippen LogP contribution < -0.4 is 0 Å². The van der Waals surface area contributed by atoms with Crippen LogP contribution in [-0.4, -0.2) is 13.1 Å². The van der Waals surface area contributed by atoms with Crippen LogP contribution in [0.2, 0.25) is 0 Å². The fourth-order valence-corrected chi connectivity index (χ4v) is 0. The summed E-state index contributed by atoms with van der Waals surface area (Å²) < 4.78 is 4.00. The number of carbonyl (C=O) groups is 1. The number of hydrogen-bond donors (Lipinski definition) is 0. The minimum atomic E-state index is -0.495. The molecule has 0 aromatic rings. The third kappa shape index (κ3) is 22.3. The number of ether oxygens (including phenoxy) is 1. The molecule has 0 aliphatic carbocycles. The molecule has 0 saturated carbocycles. The second-order valence-electron chi connectivity index (χ2n) is 0.576. The number of esters is 1. The Morgan fingerprint density at radius 1 is 1.86 bits per heavy atom. The summed E-state index contributed by atoms with van der Waals surface area (Å²) in [6, 6.07) is 0. The summed E-state index contributed by atoms with van der Waals surface area (Å²) >= 11 is 0.847. The Labute approximate surface area is 56.9 Å². The van der Waals surface area contributed by atoms with E-state index < -0.39 is 5.97 Å². The van der Waals surface area contributed by atoms with E-state index in [1.807, 2.05) is 0 Å². The maximum atomic E-state index is 9.48. The molecular weight excluding hydrogens is 169 g/mol. The number of rotatable bonds is 0. The first-order valence-corrected chi connectivity index (χ1v) is 5.34. The Morgan fingerprint density at radius 2 is 2.00 bits per heavy atom. The van der Waals surface area contributed by atoms with Crippen LogP contribution in [-0.2, 0) is 26.8 Å². The zero-order valence-corrected chi connectivity index (χ0v) is 7.83. The standard InChI is InChI=1S/C3H5O2.ClH.Zn/c1-3(4)5-2;;/h1H2,2H3;1H;/q-1;;+2/p-1. The van der Waals surface area contributed by atoms with Crippen LogP contribution in [0.15, 0.2) is 0 Å². The van der Waals surface area contributed by atoms with Crippen LogP contribution in [0.25, 0.3) is 0 Å². The molecule has 0 amide bonds. The van der Waals surface area contributed by atoms with Gasteiger partial charge in [-0.2, -0.15) is 0 Å². The summed E-state index contributed by atoms with van der Waals surface area (Å²) in [4.78, 5) is 9.48. The van der Waals surface area contributed by atoms with Crippen molar-refractivity contribution in [2.45, 2.75) is 0 Å². The topological polar surface area (TPSA) is 26.3 Å². The maximum absolute atomic E-state index is 9.48. The van der Waals surface area contributed by atoms with E-state index >= 15 is 0 Å². The molecule has 0 atom stereocenters. The molecule has 4 heteroatoms. The van der Waals surface area contributed by atoms with Gasteiger partial charge < -0.3 is 4.74 Å². The molecule has 0 aliphatic heterocycles. The zero-order valence-electron chi connectivity index (χ0n) is 4.11. The van der Waals surface area contributed by atoms with Crippen molar-refractivity contribution in [1.29, 1.82) is 0 Å². The SMILES string of the molecule is [CH2-]C(=O)OC.[Cl][Zn+]. The van der Waals surface area contributed by atoms with Gasteiger partial charge >= 0.3 is 27.0 Å². The van der Waals surface area contributed by atoms with Crippen molar-refractivity contribution in [2.75, 3.05) is 7.11 Å². The van der Waals surface area contributed by atoms with Gasteiger partial charge in [0.1, 0.15) is 0 Å². The molecule has 0 N–H and O–H groups in total. The predicted molar refractivity (Wildman–Crippen MR) is 23.2 cm³/mol. The van der Waals surface area contributed by atoms with Crippen molar-refractivity contribution in [1.82, 2.24) is 0 Å². The molecule has 0 aliphatic rings. The Hall–Kier alpha value is 0.253. The Morgan fingerprint density at radius 3 is 2.00 bits per heavy atom. The van der Waals surface area contributed by atoms with Gasteiger partial charge in [-0.3, -0.25) is 11.7 Å². The number of halogens is 1. The molecule has 0 aromatic heterocycles. The summed E-state index contributed by atoms with van der Waals surface area (Å²) in [7, 11) is 6.05. The molecule has 38 valence electrons. The van der Waals surface area contributed by atoms with Gasteiger partial charge in [0.25, 0.3) is 0 Å². The second kappa shape index (κ2) is 9.54. The number of carbonyl (C=O) groups excluding carboxylic acids is 1. The van der Waals surface area contributed by atoms with Gasteiger partial charge in [-0.15, -0.1) is 0 Å². The van der Waals surface area contributed by atoms with Gasteiger partial charge in [0, 0.05) is 0 Å².